The fourth-order valence-electron chi connectivity index (χ4n) is 2.04. The lowest BCUT2D eigenvalue weighted by molar-refractivity contribution is -0.142. The summed E-state index contributed by atoms with van der Waals surface area (Å²) in [6.45, 7) is -0.386. The third-order valence-electron chi connectivity index (χ3n) is 3.31. The second-order valence-corrected chi connectivity index (χ2v) is 4.95. The quantitative estimate of drug-likeness (QED) is 0.618. The number of esters is 2. The molecule has 2 N–H and O–H groups in total. The van der Waals surface area contributed by atoms with Gasteiger partial charge in [0.15, 0.2) is 6.61 Å². The molecule has 0 aliphatic carbocycles. The molecule has 0 heterocycles. The molecular formula is C18H16N2O6. The summed E-state index contributed by atoms with van der Waals surface area (Å²) >= 11 is 0. The van der Waals surface area contributed by atoms with E-state index in [2.05, 4.69) is 4.74 Å². The molecule has 0 unspecified atom stereocenters. The van der Waals surface area contributed by atoms with E-state index in [1.165, 1.54) is 44.6 Å². The number of carbonyl (C=O) groups excluding carboxylic acids is 2. The van der Waals surface area contributed by atoms with Crippen molar-refractivity contribution in [1.82, 2.24) is 0 Å². The number of carbonyl (C=O) groups is 2. The normalized spacial score (nSPS) is 9.73. The second kappa shape index (κ2) is 8.39. The van der Waals surface area contributed by atoms with E-state index in [9.17, 15) is 9.59 Å². The number of nitrogens with two attached hydrogens (primary N) is 1. The molecule has 0 bridgehead atoms. The largest absolute Gasteiger partial charge is 0.481 e. The van der Waals surface area contributed by atoms with Gasteiger partial charge in [-0.25, -0.2) is 9.59 Å². The number of benzene rings is 2. The van der Waals surface area contributed by atoms with Gasteiger partial charge < -0.3 is 24.7 Å². The van der Waals surface area contributed by atoms with E-state index in [0.717, 1.165) is 0 Å². The summed E-state index contributed by atoms with van der Waals surface area (Å²) in [7, 11) is 2.43. The summed E-state index contributed by atoms with van der Waals surface area (Å²) < 4.78 is 20.3. The Morgan fingerprint density at radius 3 is 2.42 bits per heavy atom. The molecule has 8 heteroatoms. The van der Waals surface area contributed by atoms with Crippen LogP contribution in [0.1, 0.15) is 15.9 Å². The monoisotopic (exact) mass is 356 g/mol. The highest BCUT2D eigenvalue weighted by Crippen LogP contribution is 2.35. The van der Waals surface area contributed by atoms with E-state index in [0.29, 0.717) is 5.56 Å². The average molecular weight is 356 g/mol. The lowest BCUT2D eigenvalue weighted by Crippen LogP contribution is -2.15. The van der Waals surface area contributed by atoms with Crippen molar-refractivity contribution in [2.45, 2.75) is 0 Å². The van der Waals surface area contributed by atoms with E-state index in [1.54, 1.807) is 6.07 Å². The van der Waals surface area contributed by atoms with Crippen LogP contribution in [0.15, 0.2) is 36.4 Å². The van der Waals surface area contributed by atoms with Gasteiger partial charge in [0.25, 0.3) is 0 Å². The van der Waals surface area contributed by atoms with Crippen molar-refractivity contribution in [2.24, 2.45) is 0 Å². The maximum Gasteiger partial charge on any atom is 0.345 e. The van der Waals surface area contributed by atoms with Gasteiger partial charge in [0.05, 0.1) is 31.5 Å². The Morgan fingerprint density at radius 2 is 1.81 bits per heavy atom. The fraction of sp³-hybridized carbons (Fsp3) is 0.167. The third-order valence-corrected chi connectivity index (χ3v) is 3.31. The minimum Gasteiger partial charge on any atom is -0.481 e. The number of nitrogens with zero attached hydrogens (tertiary/aromatic N) is 1. The molecular weight excluding hydrogens is 340 g/mol. The van der Waals surface area contributed by atoms with E-state index in [-0.39, 0.29) is 35.1 Å². The number of nitriles is 1. The minimum atomic E-state index is -0.715. The van der Waals surface area contributed by atoms with Crippen molar-refractivity contribution in [3.05, 3.63) is 47.5 Å². The van der Waals surface area contributed by atoms with Crippen LogP contribution >= 0.6 is 0 Å². The van der Waals surface area contributed by atoms with Crippen molar-refractivity contribution in [1.29, 1.82) is 5.26 Å². The van der Waals surface area contributed by atoms with Gasteiger partial charge in [-0.15, -0.1) is 0 Å². The number of ether oxygens (including phenoxy) is 4. The van der Waals surface area contributed by atoms with E-state index in [4.69, 9.17) is 25.2 Å². The molecule has 0 aliphatic rings. The lowest BCUT2D eigenvalue weighted by atomic mass is 10.1. The summed E-state index contributed by atoms with van der Waals surface area (Å²) in [6.07, 6.45) is 0. The summed E-state index contributed by atoms with van der Waals surface area (Å²) in [5.41, 5.74) is 6.46. The fourth-order valence-corrected chi connectivity index (χ4v) is 2.04. The molecule has 0 aromatic heterocycles. The first-order chi connectivity index (χ1) is 12.5. The Balaban J connectivity index is 2.40. The SMILES string of the molecule is COC(=O)COc1cccc(Oc2ccc(C#N)cc2N)c1C(=O)OC. The predicted molar refractivity (Wildman–Crippen MR) is 90.9 cm³/mol. The Hall–Kier alpha value is -3.73. The standard InChI is InChI=1S/C18H16N2O6/c1-23-16(21)10-25-14-4-3-5-15(17(14)18(22)24-2)26-13-7-6-11(9-19)8-12(13)20/h3-8H,10,20H2,1-2H3. The van der Waals surface area contributed by atoms with Crippen LogP contribution in [-0.4, -0.2) is 32.8 Å². The Morgan fingerprint density at radius 1 is 1.08 bits per heavy atom. The first-order valence-electron chi connectivity index (χ1n) is 7.38. The van der Waals surface area contributed by atoms with Crippen LogP contribution in [0.25, 0.3) is 0 Å². The van der Waals surface area contributed by atoms with Crippen LogP contribution in [-0.2, 0) is 14.3 Å². The highest BCUT2D eigenvalue weighted by molar-refractivity contribution is 5.96. The molecule has 0 spiro atoms. The zero-order chi connectivity index (χ0) is 19.1. The number of anilines is 1. The van der Waals surface area contributed by atoms with Crippen molar-refractivity contribution in [3.8, 4) is 23.3 Å². The van der Waals surface area contributed by atoms with Crippen LogP contribution in [0.4, 0.5) is 5.69 Å². The summed E-state index contributed by atoms with van der Waals surface area (Å²) in [5, 5.41) is 8.89. The van der Waals surface area contributed by atoms with Gasteiger partial charge in [0.1, 0.15) is 22.8 Å². The van der Waals surface area contributed by atoms with Crippen LogP contribution < -0.4 is 15.2 Å². The van der Waals surface area contributed by atoms with Gasteiger partial charge in [-0.3, -0.25) is 0 Å². The van der Waals surface area contributed by atoms with Gasteiger partial charge >= 0.3 is 11.9 Å². The molecule has 0 radical (unpaired) electrons. The van der Waals surface area contributed by atoms with Crippen LogP contribution in [0.2, 0.25) is 0 Å². The molecule has 0 atom stereocenters. The molecule has 0 amide bonds. The minimum absolute atomic E-state index is 0.0114. The van der Waals surface area contributed by atoms with E-state index < -0.39 is 11.9 Å². The number of nitrogen functional groups attached to an aromatic ring is 1. The summed E-state index contributed by atoms with van der Waals surface area (Å²) in [6, 6.07) is 11.0. The molecule has 2 aromatic rings. The van der Waals surface area contributed by atoms with Gasteiger partial charge in [-0.2, -0.15) is 5.26 Å². The van der Waals surface area contributed by atoms with E-state index >= 15 is 0 Å². The molecule has 0 saturated carbocycles. The predicted octanol–water partition coefficient (Wildman–Crippen LogP) is 2.27. The van der Waals surface area contributed by atoms with E-state index in [1.807, 2.05) is 6.07 Å². The first-order valence-corrected chi connectivity index (χ1v) is 7.38. The third kappa shape index (κ3) is 4.21. The first kappa shape index (κ1) is 18.6. The maximum absolute atomic E-state index is 12.2. The molecule has 134 valence electrons. The Labute approximate surface area is 149 Å². The maximum atomic E-state index is 12.2. The lowest BCUT2D eigenvalue weighted by Gasteiger charge is -2.15. The van der Waals surface area contributed by atoms with Gasteiger partial charge in [0, 0.05) is 0 Å². The number of hydrogen-bond acceptors (Lipinski definition) is 8. The van der Waals surface area contributed by atoms with Crippen molar-refractivity contribution in [2.75, 3.05) is 26.6 Å². The van der Waals surface area contributed by atoms with Crippen LogP contribution in [0.5, 0.6) is 17.2 Å². The van der Waals surface area contributed by atoms with Gasteiger partial charge in [0.2, 0.25) is 0 Å². The Kier molecular flexibility index (Phi) is 6.01. The zero-order valence-corrected chi connectivity index (χ0v) is 14.1. The number of rotatable bonds is 6. The smallest absolute Gasteiger partial charge is 0.345 e. The van der Waals surface area contributed by atoms with Crippen molar-refractivity contribution < 1.29 is 28.5 Å². The molecule has 8 nitrogen and oxygen atoms in total. The summed E-state index contributed by atoms with van der Waals surface area (Å²) in [4.78, 5) is 23.5. The molecule has 26 heavy (non-hydrogen) atoms. The molecule has 0 saturated heterocycles. The molecule has 0 aliphatic heterocycles. The molecule has 0 fully saturated rings. The van der Waals surface area contributed by atoms with Gasteiger partial charge in [-0.05, 0) is 30.3 Å². The Bertz CT molecular complexity index is 872. The average Bonchev–Trinajstić information content (AvgIpc) is 2.66. The zero-order valence-electron chi connectivity index (χ0n) is 14.1. The highest BCUT2D eigenvalue weighted by Gasteiger charge is 2.21. The van der Waals surface area contributed by atoms with Crippen molar-refractivity contribution in [3.63, 3.8) is 0 Å². The molecule has 2 rings (SSSR count). The number of hydrogen-bond donors (Lipinski definition) is 1. The summed E-state index contributed by atoms with van der Waals surface area (Å²) in [5.74, 6) is -0.863. The topological polar surface area (TPSA) is 121 Å². The van der Waals surface area contributed by atoms with Gasteiger partial charge in [-0.1, -0.05) is 6.07 Å². The van der Waals surface area contributed by atoms with Crippen LogP contribution in [0.3, 0.4) is 0 Å². The molecule has 2 aromatic carbocycles. The highest BCUT2D eigenvalue weighted by atomic mass is 16.6. The number of methoxy groups -OCH3 is 2. The van der Waals surface area contributed by atoms with Crippen LogP contribution in [0, 0.1) is 11.3 Å². The van der Waals surface area contributed by atoms with Crippen molar-refractivity contribution >= 4 is 17.6 Å². The second-order valence-electron chi connectivity index (χ2n) is 4.95.